The van der Waals surface area contributed by atoms with Gasteiger partial charge in [-0.05, 0) is 30.4 Å². The van der Waals surface area contributed by atoms with Crippen molar-refractivity contribution in [3.8, 4) is 12.1 Å². The van der Waals surface area contributed by atoms with Crippen molar-refractivity contribution in [3.05, 3.63) is 47.0 Å². The van der Waals surface area contributed by atoms with Gasteiger partial charge in [0.15, 0.2) is 5.41 Å². The van der Waals surface area contributed by atoms with E-state index in [0.29, 0.717) is 0 Å². The number of allylic oxidation sites excluding steroid dienone is 2. The summed E-state index contributed by atoms with van der Waals surface area (Å²) in [5, 5.41) is 19.3. The van der Waals surface area contributed by atoms with E-state index >= 15 is 0 Å². The lowest BCUT2D eigenvalue weighted by Crippen LogP contribution is -2.43. The third kappa shape index (κ3) is 1.02. The van der Waals surface area contributed by atoms with Gasteiger partial charge in [-0.1, -0.05) is 49.8 Å². The molecule has 20 heavy (non-hydrogen) atoms. The van der Waals surface area contributed by atoms with E-state index in [0.717, 1.165) is 11.1 Å². The van der Waals surface area contributed by atoms with Gasteiger partial charge in [0, 0.05) is 11.3 Å². The normalized spacial score (nSPS) is 31.3. The van der Waals surface area contributed by atoms with Crippen LogP contribution in [0.2, 0.25) is 0 Å². The average molecular weight is 262 g/mol. The molecule has 0 saturated heterocycles. The number of nitrogens with zero attached hydrogens (tertiary/aromatic N) is 2. The van der Waals surface area contributed by atoms with E-state index in [1.54, 1.807) is 0 Å². The predicted octanol–water partition coefficient (Wildman–Crippen LogP) is 3.96. The lowest BCUT2D eigenvalue weighted by Gasteiger charge is -2.42. The van der Waals surface area contributed by atoms with E-state index in [1.165, 1.54) is 5.56 Å². The molecule has 1 aromatic carbocycles. The maximum atomic E-state index is 9.64. The van der Waals surface area contributed by atoms with Crippen molar-refractivity contribution < 1.29 is 0 Å². The van der Waals surface area contributed by atoms with E-state index in [1.807, 2.05) is 32.0 Å². The molecule has 2 atom stereocenters. The summed E-state index contributed by atoms with van der Waals surface area (Å²) in [6.45, 7) is 8.41. The van der Waals surface area contributed by atoms with Gasteiger partial charge in [-0.2, -0.15) is 10.5 Å². The molecule has 0 aliphatic heterocycles. The Balaban J connectivity index is 2.29. The molecule has 0 aromatic heterocycles. The number of fused-ring (bicyclic) bond motifs is 1. The Morgan fingerprint density at radius 2 is 1.60 bits per heavy atom. The second kappa shape index (κ2) is 3.53. The highest BCUT2D eigenvalue weighted by atomic mass is 14.9. The second-order valence-corrected chi connectivity index (χ2v) is 6.74. The Labute approximate surface area is 120 Å². The summed E-state index contributed by atoms with van der Waals surface area (Å²) in [6.07, 6.45) is 0. The Morgan fingerprint density at radius 3 is 2.05 bits per heavy atom. The lowest BCUT2D eigenvalue weighted by molar-refractivity contribution is 0.349. The Kier molecular flexibility index (Phi) is 2.28. The van der Waals surface area contributed by atoms with Gasteiger partial charge in [-0.25, -0.2) is 0 Å². The van der Waals surface area contributed by atoms with E-state index < -0.39 is 5.41 Å². The minimum absolute atomic E-state index is 0.0353. The van der Waals surface area contributed by atoms with Crippen molar-refractivity contribution >= 4 is 0 Å². The van der Waals surface area contributed by atoms with Gasteiger partial charge in [0.05, 0.1) is 12.1 Å². The van der Waals surface area contributed by atoms with Crippen LogP contribution >= 0.6 is 0 Å². The molecule has 0 heterocycles. The highest BCUT2D eigenvalue weighted by Gasteiger charge is 2.90. The molecule has 2 aliphatic rings. The topological polar surface area (TPSA) is 47.6 Å². The molecule has 0 radical (unpaired) electrons. The van der Waals surface area contributed by atoms with Crippen molar-refractivity contribution in [1.82, 2.24) is 0 Å². The first-order valence-corrected chi connectivity index (χ1v) is 6.97. The molecule has 0 N–H and O–H groups in total. The van der Waals surface area contributed by atoms with Crippen LogP contribution in [0.15, 0.2) is 41.5 Å². The maximum absolute atomic E-state index is 9.64. The highest BCUT2D eigenvalue weighted by molar-refractivity contribution is 5.70. The van der Waals surface area contributed by atoms with Crippen molar-refractivity contribution in [2.24, 2.45) is 16.7 Å². The molecule has 3 rings (SSSR count). The first-order chi connectivity index (χ1) is 9.41. The van der Waals surface area contributed by atoms with Crippen LogP contribution in [0.4, 0.5) is 0 Å². The van der Waals surface area contributed by atoms with Gasteiger partial charge in [0.1, 0.15) is 0 Å². The third-order valence-corrected chi connectivity index (χ3v) is 5.39. The monoisotopic (exact) mass is 262 g/mol. The molecule has 100 valence electrons. The maximum Gasteiger partial charge on any atom is 0.170 e. The van der Waals surface area contributed by atoms with E-state index in [-0.39, 0.29) is 16.7 Å². The van der Waals surface area contributed by atoms with Crippen molar-refractivity contribution in [2.45, 2.75) is 33.1 Å². The molecule has 0 spiro atoms. The van der Waals surface area contributed by atoms with Gasteiger partial charge in [-0.15, -0.1) is 0 Å². The zero-order chi connectivity index (χ0) is 14.8. The number of hydrogen-bond acceptors (Lipinski definition) is 2. The summed E-state index contributed by atoms with van der Waals surface area (Å²) in [5.74, 6) is 0.102. The minimum atomic E-state index is -0.932. The molecular formula is C18H18N2. The van der Waals surface area contributed by atoms with Crippen LogP contribution in [0.25, 0.3) is 0 Å². The Hall–Kier alpha value is -2.06. The van der Waals surface area contributed by atoms with E-state index in [2.05, 4.69) is 38.1 Å². The number of benzene rings is 1. The standard InChI is InChI=1S/C18H18N2/c1-12(2)14-17(10-19,11-20)15-16(3,4)18(14,15)13-8-6-5-7-9-13/h5-9,15H,1-4H3/t15?,18-/m0/s1. The van der Waals surface area contributed by atoms with Crippen LogP contribution < -0.4 is 0 Å². The van der Waals surface area contributed by atoms with Gasteiger partial charge >= 0.3 is 0 Å². The van der Waals surface area contributed by atoms with Crippen LogP contribution in [0.5, 0.6) is 0 Å². The zero-order valence-electron chi connectivity index (χ0n) is 12.4. The molecule has 2 aliphatic carbocycles. The zero-order valence-corrected chi connectivity index (χ0v) is 12.4. The quantitative estimate of drug-likeness (QED) is 0.719. The summed E-state index contributed by atoms with van der Waals surface area (Å²) in [4.78, 5) is 0. The van der Waals surface area contributed by atoms with Crippen molar-refractivity contribution in [3.63, 3.8) is 0 Å². The van der Waals surface area contributed by atoms with Crippen LogP contribution in [0, 0.1) is 39.4 Å². The summed E-state index contributed by atoms with van der Waals surface area (Å²) >= 11 is 0. The smallest absolute Gasteiger partial charge is 0.170 e. The summed E-state index contributed by atoms with van der Waals surface area (Å²) in [6, 6.07) is 15.0. The number of hydrogen-bond donors (Lipinski definition) is 0. The summed E-state index contributed by atoms with van der Waals surface area (Å²) in [7, 11) is 0. The first kappa shape index (κ1) is 12.9. The summed E-state index contributed by atoms with van der Waals surface area (Å²) in [5.41, 5.74) is 2.31. The van der Waals surface area contributed by atoms with Crippen LogP contribution in [0.3, 0.4) is 0 Å². The molecule has 2 fully saturated rings. The molecule has 2 saturated carbocycles. The van der Waals surface area contributed by atoms with Crippen molar-refractivity contribution in [2.75, 3.05) is 0 Å². The molecular weight excluding hydrogens is 244 g/mol. The SMILES string of the molecule is CC(C)=C1C(C#N)(C#N)C2C(C)(C)[C@@]12c1ccccc1. The molecule has 0 amide bonds. The van der Waals surface area contributed by atoms with Gasteiger partial charge < -0.3 is 0 Å². The highest BCUT2D eigenvalue weighted by Crippen LogP contribution is 2.89. The molecule has 1 aromatic rings. The minimum Gasteiger partial charge on any atom is -0.196 e. The average Bonchev–Trinajstić information content (AvgIpc) is 2.84. The fraction of sp³-hybridized carbons (Fsp3) is 0.444. The fourth-order valence-electron chi connectivity index (χ4n) is 4.91. The number of rotatable bonds is 1. The molecule has 1 unspecified atom stereocenters. The Morgan fingerprint density at radius 1 is 1.05 bits per heavy atom. The van der Waals surface area contributed by atoms with Gasteiger partial charge in [0.25, 0.3) is 0 Å². The second-order valence-electron chi connectivity index (χ2n) is 6.74. The summed E-state index contributed by atoms with van der Waals surface area (Å²) < 4.78 is 0. The van der Waals surface area contributed by atoms with Gasteiger partial charge in [-0.3, -0.25) is 0 Å². The van der Waals surface area contributed by atoms with Crippen molar-refractivity contribution in [1.29, 1.82) is 10.5 Å². The third-order valence-electron chi connectivity index (χ3n) is 5.39. The lowest BCUT2D eigenvalue weighted by atomic mass is 9.56. The van der Waals surface area contributed by atoms with Crippen LogP contribution in [-0.4, -0.2) is 0 Å². The van der Waals surface area contributed by atoms with Crippen LogP contribution in [0.1, 0.15) is 33.3 Å². The largest absolute Gasteiger partial charge is 0.196 e. The predicted molar refractivity (Wildman–Crippen MR) is 77.4 cm³/mol. The first-order valence-electron chi connectivity index (χ1n) is 6.97. The Bertz CT molecular complexity index is 679. The van der Waals surface area contributed by atoms with E-state index in [9.17, 15) is 10.5 Å². The molecule has 2 heteroatoms. The van der Waals surface area contributed by atoms with Crippen LogP contribution in [-0.2, 0) is 5.41 Å². The van der Waals surface area contributed by atoms with E-state index in [4.69, 9.17) is 0 Å². The molecule has 0 bridgehead atoms. The number of nitriles is 2. The molecule has 2 nitrogen and oxygen atoms in total. The van der Waals surface area contributed by atoms with Gasteiger partial charge in [0.2, 0.25) is 0 Å². The fourth-order valence-corrected chi connectivity index (χ4v) is 4.91.